The molecular weight excluding hydrogens is 230 g/mol. The molecule has 0 saturated carbocycles. The van der Waals surface area contributed by atoms with Gasteiger partial charge >= 0.3 is 5.97 Å². The monoisotopic (exact) mass is 247 g/mol. The van der Waals surface area contributed by atoms with E-state index < -0.39 is 11.9 Å². The Balaban J connectivity index is 2.26. The molecule has 0 bridgehead atoms. The maximum absolute atomic E-state index is 11.9. The van der Waals surface area contributed by atoms with Gasteiger partial charge in [-0.25, -0.2) is 0 Å². The number of anilines is 1. The normalized spacial score (nSPS) is 20.0. The molecule has 1 aromatic rings. The summed E-state index contributed by atoms with van der Waals surface area (Å²) in [6.45, 7) is 4.27. The first-order valence-electron chi connectivity index (χ1n) is 6.09. The largest absolute Gasteiger partial charge is 0.481 e. The van der Waals surface area contributed by atoms with Crippen LogP contribution in [0.15, 0.2) is 18.2 Å². The lowest BCUT2D eigenvalue weighted by Crippen LogP contribution is -2.42. The Morgan fingerprint density at radius 2 is 2.06 bits per heavy atom. The number of carboxylic acids is 1. The van der Waals surface area contributed by atoms with Gasteiger partial charge in [-0.15, -0.1) is 0 Å². The van der Waals surface area contributed by atoms with Gasteiger partial charge in [-0.1, -0.05) is 6.07 Å². The number of hydrogen-bond acceptors (Lipinski definition) is 2. The average Bonchev–Trinajstić information content (AvgIpc) is 2.33. The molecule has 0 aromatic heterocycles. The second-order valence-corrected chi connectivity index (χ2v) is 4.85. The molecule has 18 heavy (non-hydrogen) atoms. The zero-order valence-corrected chi connectivity index (χ0v) is 10.6. The first-order chi connectivity index (χ1) is 8.49. The van der Waals surface area contributed by atoms with E-state index >= 15 is 0 Å². The fourth-order valence-corrected chi connectivity index (χ4v) is 2.19. The molecule has 2 rings (SSSR count). The molecule has 0 spiro atoms. The van der Waals surface area contributed by atoms with E-state index in [2.05, 4.69) is 0 Å². The zero-order valence-electron chi connectivity index (χ0n) is 10.6. The molecule has 1 aromatic carbocycles. The molecule has 1 aliphatic rings. The Morgan fingerprint density at radius 1 is 1.33 bits per heavy atom. The molecule has 1 heterocycles. The van der Waals surface area contributed by atoms with Gasteiger partial charge in [0.2, 0.25) is 5.91 Å². The highest BCUT2D eigenvalue weighted by Gasteiger charge is 2.30. The highest BCUT2D eigenvalue weighted by Crippen LogP contribution is 2.26. The molecular formula is C14H17NO3. The van der Waals surface area contributed by atoms with Crippen LogP contribution < -0.4 is 4.90 Å². The molecule has 4 nitrogen and oxygen atoms in total. The number of carbonyl (C=O) groups is 2. The third kappa shape index (κ3) is 2.37. The SMILES string of the molecule is Cc1ccc(N2C[C@@H](C(=O)O)CCC2=O)cc1C. The van der Waals surface area contributed by atoms with Crippen LogP contribution in [0.4, 0.5) is 5.69 Å². The van der Waals surface area contributed by atoms with Gasteiger partial charge < -0.3 is 10.0 Å². The van der Waals surface area contributed by atoms with E-state index in [1.54, 1.807) is 4.90 Å². The van der Waals surface area contributed by atoms with Crippen molar-refractivity contribution in [3.8, 4) is 0 Å². The molecule has 0 unspecified atom stereocenters. The maximum Gasteiger partial charge on any atom is 0.308 e. The molecule has 1 aliphatic heterocycles. The van der Waals surface area contributed by atoms with E-state index in [-0.39, 0.29) is 12.5 Å². The minimum absolute atomic E-state index is 0.00996. The summed E-state index contributed by atoms with van der Waals surface area (Å²) >= 11 is 0. The van der Waals surface area contributed by atoms with Crippen LogP contribution in [-0.2, 0) is 9.59 Å². The predicted octanol–water partition coefficient (Wildman–Crippen LogP) is 2.13. The maximum atomic E-state index is 11.9. The average molecular weight is 247 g/mol. The summed E-state index contributed by atoms with van der Waals surface area (Å²) in [5.41, 5.74) is 3.07. The quantitative estimate of drug-likeness (QED) is 0.871. The second-order valence-electron chi connectivity index (χ2n) is 4.85. The fraction of sp³-hybridized carbons (Fsp3) is 0.429. The summed E-state index contributed by atoms with van der Waals surface area (Å²) in [6.07, 6.45) is 0.749. The Hall–Kier alpha value is -1.84. The van der Waals surface area contributed by atoms with Crippen molar-refractivity contribution in [3.05, 3.63) is 29.3 Å². The Morgan fingerprint density at radius 3 is 2.67 bits per heavy atom. The summed E-state index contributed by atoms with van der Waals surface area (Å²) in [7, 11) is 0. The van der Waals surface area contributed by atoms with E-state index in [0.29, 0.717) is 12.8 Å². The highest BCUT2D eigenvalue weighted by molar-refractivity contribution is 5.95. The Kier molecular flexibility index (Phi) is 3.36. The van der Waals surface area contributed by atoms with Gasteiger partial charge in [0, 0.05) is 18.7 Å². The number of piperidine rings is 1. The topological polar surface area (TPSA) is 57.6 Å². The minimum Gasteiger partial charge on any atom is -0.481 e. The number of amides is 1. The number of aliphatic carboxylic acids is 1. The van der Waals surface area contributed by atoms with Crippen LogP contribution in [0.3, 0.4) is 0 Å². The van der Waals surface area contributed by atoms with Crippen molar-refractivity contribution in [2.24, 2.45) is 5.92 Å². The summed E-state index contributed by atoms with van der Waals surface area (Å²) in [5.74, 6) is -1.27. The summed E-state index contributed by atoms with van der Waals surface area (Å²) in [4.78, 5) is 24.5. The van der Waals surface area contributed by atoms with Gasteiger partial charge in [-0.05, 0) is 43.5 Å². The van der Waals surface area contributed by atoms with Crippen molar-refractivity contribution in [1.29, 1.82) is 0 Å². The minimum atomic E-state index is -0.823. The smallest absolute Gasteiger partial charge is 0.308 e. The summed E-state index contributed by atoms with van der Waals surface area (Å²) in [5, 5.41) is 9.05. The molecule has 0 aliphatic carbocycles. The van der Waals surface area contributed by atoms with E-state index in [9.17, 15) is 9.59 Å². The van der Waals surface area contributed by atoms with Crippen molar-refractivity contribution >= 4 is 17.6 Å². The first kappa shape index (κ1) is 12.6. The van der Waals surface area contributed by atoms with E-state index in [4.69, 9.17) is 5.11 Å². The number of hydrogen-bond donors (Lipinski definition) is 1. The molecule has 1 atom stereocenters. The lowest BCUT2D eigenvalue weighted by Gasteiger charge is -2.31. The van der Waals surface area contributed by atoms with Crippen molar-refractivity contribution in [2.75, 3.05) is 11.4 Å². The molecule has 96 valence electrons. The molecule has 1 N–H and O–H groups in total. The van der Waals surface area contributed by atoms with Gasteiger partial charge in [0.25, 0.3) is 0 Å². The Bertz CT molecular complexity index is 496. The molecule has 0 radical (unpaired) electrons. The van der Waals surface area contributed by atoms with E-state index in [0.717, 1.165) is 16.8 Å². The van der Waals surface area contributed by atoms with Crippen LogP contribution >= 0.6 is 0 Å². The van der Waals surface area contributed by atoms with Gasteiger partial charge in [-0.2, -0.15) is 0 Å². The Labute approximate surface area is 106 Å². The van der Waals surface area contributed by atoms with Crippen LogP contribution in [0, 0.1) is 19.8 Å². The van der Waals surface area contributed by atoms with Crippen LogP contribution in [-0.4, -0.2) is 23.5 Å². The highest BCUT2D eigenvalue weighted by atomic mass is 16.4. The third-order valence-electron chi connectivity index (χ3n) is 3.56. The number of aryl methyl sites for hydroxylation is 2. The third-order valence-corrected chi connectivity index (χ3v) is 3.56. The number of nitrogens with zero attached hydrogens (tertiary/aromatic N) is 1. The number of benzene rings is 1. The molecule has 1 amide bonds. The molecule has 1 saturated heterocycles. The van der Waals surface area contributed by atoms with Gasteiger partial charge in [-0.3, -0.25) is 9.59 Å². The second kappa shape index (κ2) is 4.80. The molecule has 1 fully saturated rings. The zero-order chi connectivity index (χ0) is 13.3. The van der Waals surface area contributed by atoms with E-state index in [1.165, 1.54) is 0 Å². The lowest BCUT2D eigenvalue weighted by molar-refractivity contribution is -0.142. The lowest BCUT2D eigenvalue weighted by atomic mass is 9.96. The number of rotatable bonds is 2. The van der Waals surface area contributed by atoms with Crippen molar-refractivity contribution in [2.45, 2.75) is 26.7 Å². The number of carbonyl (C=O) groups excluding carboxylic acids is 1. The van der Waals surface area contributed by atoms with Crippen LogP contribution in [0.1, 0.15) is 24.0 Å². The summed E-state index contributed by atoms with van der Waals surface area (Å²) < 4.78 is 0. The summed E-state index contributed by atoms with van der Waals surface area (Å²) in [6, 6.07) is 5.78. The van der Waals surface area contributed by atoms with Crippen LogP contribution in [0.5, 0.6) is 0 Å². The van der Waals surface area contributed by atoms with Gasteiger partial charge in [0.05, 0.1) is 5.92 Å². The van der Waals surface area contributed by atoms with Crippen molar-refractivity contribution < 1.29 is 14.7 Å². The van der Waals surface area contributed by atoms with Crippen molar-refractivity contribution in [3.63, 3.8) is 0 Å². The van der Waals surface area contributed by atoms with Crippen LogP contribution in [0.25, 0.3) is 0 Å². The van der Waals surface area contributed by atoms with E-state index in [1.807, 2.05) is 32.0 Å². The van der Waals surface area contributed by atoms with Gasteiger partial charge in [0.1, 0.15) is 0 Å². The molecule has 4 heteroatoms. The predicted molar refractivity (Wildman–Crippen MR) is 68.6 cm³/mol. The van der Waals surface area contributed by atoms with Crippen molar-refractivity contribution in [1.82, 2.24) is 0 Å². The fourth-order valence-electron chi connectivity index (χ4n) is 2.19. The number of carboxylic acid groups (broad SMARTS) is 1. The standard InChI is InChI=1S/C14H17NO3/c1-9-3-5-12(7-10(9)2)15-8-11(14(17)18)4-6-13(15)16/h3,5,7,11H,4,6,8H2,1-2H3,(H,17,18)/t11-/m0/s1. The first-order valence-corrected chi connectivity index (χ1v) is 6.09. The van der Waals surface area contributed by atoms with Crippen LogP contribution in [0.2, 0.25) is 0 Å². The van der Waals surface area contributed by atoms with Gasteiger partial charge in [0.15, 0.2) is 0 Å².